The molecule has 1 rings (SSSR count). The van der Waals surface area contributed by atoms with E-state index < -0.39 is 6.10 Å². The molecule has 4 nitrogen and oxygen atoms in total. The summed E-state index contributed by atoms with van der Waals surface area (Å²) in [6, 6.07) is 7.60. The minimum absolute atomic E-state index is 0.0924. The second-order valence-electron chi connectivity index (χ2n) is 4.46. The van der Waals surface area contributed by atoms with Crippen molar-refractivity contribution >= 4 is 5.69 Å². The van der Waals surface area contributed by atoms with Gasteiger partial charge in [0.2, 0.25) is 0 Å². The molecule has 4 heteroatoms. The summed E-state index contributed by atoms with van der Waals surface area (Å²) < 4.78 is 0. The van der Waals surface area contributed by atoms with Gasteiger partial charge in [0.25, 0.3) is 0 Å². The summed E-state index contributed by atoms with van der Waals surface area (Å²) in [6.45, 7) is 5.20. The number of hydrogen-bond acceptors (Lipinski definition) is 4. The highest BCUT2D eigenvalue weighted by atomic mass is 16.3. The zero-order valence-electron chi connectivity index (χ0n) is 10.5. The Labute approximate surface area is 103 Å². The van der Waals surface area contributed by atoms with Crippen LogP contribution in [0.2, 0.25) is 0 Å². The van der Waals surface area contributed by atoms with Gasteiger partial charge >= 0.3 is 0 Å². The van der Waals surface area contributed by atoms with Gasteiger partial charge in [0.15, 0.2) is 0 Å². The van der Waals surface area contributed by atoms with Gasteiger partial charge in [0, 0.05) is 30.4 Å². The summed E-state index contributed by atoms with van der Waals surface area (Å²) >= 11 is 0. The Morgan fingerprint density at radius 1 is 1.29 bits per heavy atom. The summed E-state index contributed by atoms with van der Waals surface area (Å²) in [4.78, 5) is 2.02. The van der Waals surface area contributed by atoms with E-state index in [1.165, 1.54) is 0 Å². The van der Waals surface area contributed by atoms with E-state index in [-0.39, 0.29) is 12.6 Å². The Balaban J connectivity index is 2.70. The molecule has 96 valence electrons. The molecule has 1 aromatic carbocycles. The second-order valence-corrected chi connectivity index (χ2v) is 4.46. The van der Waals surface area contributed by atoms with Crippen molar-refractivity contribution in [1.29, 1.82) is 0 Å². The first-order chi connectivity index (χ1) is 8.06. The lowest BCUT2D eigenvalue weighted by Gasteiger charge is -2.28. The number of aliphatic hydroxyl groups is 2. The van der Waals surface area contributed by atoms with Gasteiger partial charge in [-0.05, 0) is 19.9 Å². The number of nitrogen functional groups attached to an aromatic ring is 1. The van der Waals surface area contributed by atoms with Crippen LogP contribution in [0.15, 0.2) is 24.3 Å². The average Bonchev–Trinajstić information content (AvgIpc) is 2.28. The number of rotatable bonds is 6. The summed E-state index contributed by atoms with van der Waals surface area (Å²) in [7, 11) is 0. The normalized spacial score (nSPS) is 13.3. The van der Waals surface area contributed by atoms with E-state index in [9.17, 15) is 5.11 Å². The Kier molecular flexibility index (Phi) is 5.41. The molecule has 17 heavy (non-hydrogen) atoms. The van der Waals surface area contributed by atoms with E-state index in [1.807, 2.05) is 36.9 Å². The maximum absolute atomic E-state index is 10.1. The van der Waals surface area contributed by atoms with Crippen LogP contribution in [-0.4, -0.2) is 40.9 Å². The van der Waals surface area contributed by atoms with Crippen LogP contribution in [0.1, 0.15) is 25.5 Å². The van der Waals surface area contributed by atoms with Crippen molar-refractivity contribution in [3.05, 3.63) is 29.8 Å². The average molecular weight is 238 g/mol. The summed E-state index contributed by atoms with van der Waals surface area (Å²) in [5.41, 5.74) is 7.17. The first-order valence-corrected chi connectivity index (χ1v) is 5.93. The topological polar surface area (TPSA) is 69.7 Å². The fraction of sp³-hybridized carbons (Fsp3) is 0.538. The highest BCUT2D eigenvalue weighted by Crippen LogP contribution is 2.21. The molecule has 0 aliphatic carbocycles. The fourth-order valence-corrected chi connectivity index (χ4v) is 1.82. The highest BCUT2D eigenvalue weighted by molar-refractivity contribution is 5.47. The third-order valence-electron chi connectivity index (χ3n) is 2.88. The SMILES string of the molecule is CC(C)N(CCO)CC(O)c1ccccc1N. The monoisotopic (exact) mass is 238 g/mol. The zero-order chi connectivity index (χ0) is 12.8. The van der Waals surface area contributed by atoms with Crippen molar-refractivity contribution in [2.45, 2.75) is 26.0 Å². The summed E-state index contributed by atoms with van der Waals surface area (Å²) in [5.74, 6) is 0. The first-order valence-electron chi connectivity index (χ1n) is 5.93. The van der Waals surface area contributed by atoms with Crippen LogP contribution in [-0.2, 0) is 0 Å². The summed E-state index contributed by atoms with van der Waals surface area (Å²) in [6.07, 6.45) is -0.620. The molecule has 1 atom stereocenters. The predicted octanol–water partition coefficient (Wildman–Crippen LogP) is 1.00. The van der Waals surface area contributed by atoms with E-state index in [4.69, 9.17) is 10.8 Å². The van der Waals surface area contributed by atoms with Gasteiger partial charge in [-0.15, -0.1) is 0 Å². The van der Waals surface area contributed by atoms with Crippen LogP contribution in [0.25, 0.3) is 0 Å². The number of hydrogen-bond donors (Lipinski definition) is 3. The van der Waals surface area contributed by atoms with Crippen molar-refractivity contribution in [1.82, 2.24) is 4.90 Å². The highest BCUT2D eigenvalue weighted by Gasteiger charge is 2.17. The molecule has 0 saturated carbocycles. The minimum Gasteiger partial charge on any atom is -0.398 e. The van der Waals surface area contributed by atoms with E-state index in [0.29, 0.717) is 18.8 Å². The number of aliphatic hydroxyl groups excluding tert-OH is 2. The van der Waals surface area contributed by atoms with Crippen molar-refractivity contribution in [2.75, 3.05) is 25.4 Å². The van der Waals surface area contributed by atoms with Crippen molar-refractivity contribution in [3.63, 3.8) is 0 Å². The smallest absolute Gasteiger partial charge is 0.0936 e. The Morgan fingerprint density at radius 3 is 2.47 bits per heavy atom. The van der Waals surface area contributed by atoms with Gasteiger partial charge < -0.3 is 15.9 Å². The minimum atomic E-state index is -0.620. The van der Waals surface area contributed by atoms with Gasteiger partial charge in [-0.2, -0.15) is 0 Å². The molecule has 0 aliphatic rings. The predicted molar refractivity (Wildman–Crippen MR) is 69.6 cm³/mol. The van der Waals surface area contributed by atoms with Gasteiger partial charge in [0.1, 0.15) is 0 Å². The molecule has 0 spiro atoms. The van der Waals surface area contributed by atoms with E-state index in [1.54, 1.807) is 6.07 Å². The second kappa shape index (κ2) is 6.59. The molecule has 0 bridgehead atoms. The third kappa shape index (κ3) is 4.00. The fourth-order valence-electron chi connectivity index (χ4n) is 1.82. The molecule has 0 heterocycles. The maximum Gasteiger partial charge on any atom is 0.0936 e. The van der Waals surface area contributed by atoms with Gasteiger partial charge in [-0.25, -0.2) is 0 Å². The van der Waals surface area contributed by atoms with Gasteiger partial charge in [-0.3, -0.25) is 4.90 Å². The Morgan fingerprint density at radius 2 is 1.94 bits per heavy atom. The van der Waals surface area contributed by atoms with Crippen molar-refractivity contribution < 1.29 is 10.2 Å². The number of para-hydroxylation sites is 1. The number of nitrogens with zero attached hydrogens (tertiary/aromatic N) is 1. The molecule has 0 aliphatic heterocycles. The summed E-state index contributed by atoms with van der Waals surface area (Å²) in [5, 5.41) is 19.1. The molecule has 1 aromatic rings. The van der Waals surface area contributed by atoms with Gasteiger partial charge in [0.05, 0.1) is 12.7 Å². The lowest BCUT2D eigenvalue weighted by atomic mass is 10.1. The van der Waals surface area contributed by atoms with E-state index in [2.05, 4.69) is 0 Å². The molecule has 0 saturated heterocycles. The third-order valence-corrected chi connectivity index (χ3v) is 2.88. The molecule has 0 aromatic heterocycles. The Bertz CT molecular complexity index is 342. The van der Waals surface area contributed by atoms with Crippen LogP contribution >= 0.6 is 0 Å². The molecular weight excluding hydrogens is 216 g/mol. The van der Waals surface area contributed by atoms with E-state index >= 15 is 0 Å². The molecule has 0 fully saturated rings. The quantitative estimate of drug-likeness (QED) is 0.647. The largest absolute Gasteiger partial charge is 0.398 e. The van der Waals surface area contributed by atoms with E-state index in [0.717, 1.165) is 5.56 Å². The molecule has 0 radical (unpaired) electrons. The number of nitrogens with two attached hydrogens (primary N) is 1. The molecule has 1 unspecified atom stereocenters. The van der Waals surface area contributed by atoms with Crippen LogP contribution in [0.4, 0.5) is 5.69 Å². The molecule has 0 amide bonds. The standard InChI is InChI=1S/C13H22N2O2/c1-10(2)15(7-8-16)9-13(17)11-5-3-4-6-12(11)14/h3-6,10,13,16-17H,7-9,14H2,1-2H3. The Hall–Kier alpha value is -1.10. The van der Waals surface area contributed by atoms with Crippen molar-refractivity contribution in [2.24, 2.45) is 0 Å². The lowest BCUT2D eigenvalue weighted by Crippen LogP contribution is -2.37. The maximum atomic E-state index is 10.1. The zero-order valence-corrected chi connectivity index (χ0v) is 10.5. The lowest BCUT2D eigenvalue weighted by molar-refractivity contribution is 0.0824. The van der Waals surface area contributed by atoms with Crippen LogP contribution in [0.3, 0.4) is 0 Å². The number of benzene rings is 1. The van der Waals surface area contributed by atoms with Crippen LogP contribution < -0.4 is 5.73 Å². The molecule has 4 N–H and O–H groups in total. The molecular formula is C13H22N2O2. The van der Waals surface area contributed by atoms with Gasteiger partial charge in [-0.1, -0.05) is 18.2 Å². The van der Waals surface area contributed by atoms with Crippen LogP contribution in [0, 0.1) is 0 Å². The number of anilines is 1. The first kappa shape index (κ1) is 14.0. The van der Waals surface area contributed by atoms with Crippen LogP contribution in [0.5, 0.6) is 0 Å². The van der Waals surface area contributed by atoms with Crippen molar-refractivity contribution in [3.8, 4) is 0 Å².